The molecule has 2 aromatic heterocycles. The molecule has 34 heavy (non-hydrogen) atoms. The Hall–Kier alpha value is -2.75. The third-order valence-corrected chi connectivity index (χ3v) is 8.41. The van der Waals surface area contributed by atoms with Gasteiger partial charge in [-0.2, -0.15) is 0 Å². The van der Waals surface area contributed by atoms with Crippen molar-refractivity contribution >= 4 is 39.2 Å². The molecule has 0 radical (unpaired) electrons. The van der Waals surface area contributed by atoms with Crippen LogP contribution in [0.15, 0.2) is 53.7 Å². The summed E-state index contributed by atoms with van der Waals surface area (Å²) in [6.07, 6.45) is 0. The van der Waals surface area contributed by atoms with E-state index in [1.54, 1.807) is 11.3 Å². The number of fused-ring (bicyclic) bond motifs is 1. The number of para-hydroxylation sites is 1. The summed E-state index contributed by atoms with van der Waals surface area (Å²) >= 11 is 3.21. The molecule has 5 rings (SSSR count). The molecule has 0 saturated carbocycles. The van der Waals surface area contributed by atoms with E-state index in [4.69, 9.17) is 4.98 Å². The van der Waals surface area contributed by atoms with E-state index < -0.39 is 0 Å². The molecule has 1 aliphatic rings. The lowest BCUT2D eigenvalue weighted by atomic mass is 10.2. The molecule has 4 aromatic rings. The number of aryl methyl sites for hydroxylation is 2. The van der Waals surface area contributed by atoms with Crippen LogP contribution in [0.3, 0.4) is 0 Å². The minimum Gasteiger partial charge on any atom is -0.339 e. The standard InChI is InChI=1S/C25H28N6OS2/c1-17-8-10-20(11-9-17)31-19(3)27-28-25(31)33-16-23(32)30-14-12-29(13-15-30)18(2)24-26-21-6-4-5-7-22(21)34-24/h4-11,18H,12-16H2,1-3H3. The van der Waals surface area contributed by atoms with Crippen molar-refractivity contribution in [2.45, 2.75) is 32.0 Å². The predicted octanol–water partition coefficient (Wildman–Crippen LogP) is 4.49. The van der Waals surface area contributed by atoms with Gasteiger partial charge in [-0.15, -0.1) is 21.5 Å². The average Bonchev–Trinajstić information content (AvgIpc) is 3.46. The van der Waals surface area contributed by atoms with Crippen LogP contribution in [0.25, 0.3) is 15.9 Å². The molecule has 0 N–H and O–H groups in total. The Kier molecular flexibility index (Phi) is 6.67. The van der Waals surface area contributed by atoms with Gasteiger partial charge in [0, 0.05) is 31.9 Å². The summed E-state index contributed by atoms with van der Waals surface area (Å²) in [5.41, 5.74) is 3.28. The number of aromatic nitrogens is 4. The highest BCUT2D eigenvalue weighted by molar-refractivity contribution is 7.99. The van der Waals surface area contributed by atoms with Gasteiger partial charge in [0.05, 0.1) is 22.0 Å². The third-order valence-electron chi connectivity index (χ3n) is 6.29. The lowest BCUT2D eigenvalue weighted by Crippen LogP contribution is -2.49. The van der Waals surface area contributed by atoms with Crippen LogP contribution >= 0.6 is 23.1 Å². The van der Waals surface area contributed by atoms with E-state index in [1.807, 2.05) is 22.5 Å². The van der Waals surface area contributed by atoms with E-state index in [-0.39, 0.29) is 11.9 Å². The summed E-state index contributed by atoms with van der Waals surface area (Å²) in [6, 6.07) is 16.8. The van der Waals surface area contributed by atoms with Gasteiger partial charge in [-0.1, -0.05) is 41.6 Å². The summed E-state index contributed by atoms with van der Waals surface area (Å²) < 4.78 is 3.23. The van der Waals surface area contributed by atoms with E-state index in [9.17, 15) is 4.79 Å². The van der Waals surface area contributed by atoms with Crippen LogP contribution in [-0.4, -0.2) is 67.4 Å². The first kappa shape index (κ1) is 23.0. The number of carbonyl (C=O) groups is 1. The number of rotatable bonds is 6. The molecule has 9 heteroatoms. The molecule has 1 aliphatic heterocycles. The highest BCUT2D eigenvalue weighted by Crippen LogP contribution is 2.30. The van der Waals surface area contributed by atoms with Crippen molar-refractivity contribution in [3.63, 3.8) is 0 Å². The molecule has 1 atom stereocenters. The predicted molar refractivity (Wildman–Crippen MR) is 138 cm³/mol. The van der Waals surface area contributed by atoms with Gasteiger partial charge in [-0.05, 0) is 45.0 Å². The summed E-state index contributed by atoms with van der Waals surface area (Å²) in [6.45, 7) is 9.39. The summed E-state index contributed by atoms with van der Waals surface area (Å²) in [4.78, 5) is 22.2. The van der Waals surface area contributed by atoms with Crippen LogP contribution in [0.2, 0.25) is 0 Å². The fourth-order valence-electron chi connectivity index (χ4n) is 4.23. The van der Waals surface area contributed by atoms with Crippen molar-refractivity contribution in [1.29, 1.82) is 0 Å². The van der Waals surface area contributed by atoms with E-state index in [2.05, 4.69) is 71.4 Å². The van der Waals surface area contributed by atoms with Crippen molar-refractivity contribution in [3.8, 4) is 5.69 Å². The molecule has 2 aromatic carbocycles. The maximum Gasteiger partial charge on any atom is 0.233 e. The first-order valence-electron chi connectivity index (χ1n) is 11.5. The second-order valence-electron chi connectivity index (χ2n) is 8.60. The van der Waals surface area contributed by atoms with Crippen molar-refractivity contribution in [2.75, 3.05) is 31.9 Å². The number of piperazine rings is 1. The van der Waals surface area contributed by atoms with Gasteiger partial charge in [0.25, 0.3) is 0 Å². The lowest BCUT2D eigenvalue weighted by molar-refractivity contribution is -0.130. The van der Waals surface area contributed by atoms with Crippen LogP contribution in [0.1, 0.15) is 29.4 Å². The number of amides is 1. The minimum absolute atomic E-state index is 0.147. The number of hydrogen-bond acceptors (Lipinski definition) is 7. The van der Waals surface area contributed by atoms with Gasteiger partial charge >= 0.3 is 0 Å². The number of thioether (sulfide) groups is 1. The van der Waals surface area contributed by atoms with Crippen LogP contribution in [-0.2, 0) is 4.79 Å². The molecule has 176 valence electrons. The van der Waals surface area contributed by atoms with Crippen molar-refractivity contribution in [1.82, 2.24) is 29.5 Å². The van der Waals surface area contributed by atoms with Gasteiger partial charge in [0.2, 0.25) is 5.91 Å². The molecule has 0 bridgehead atoms. The number of carbonyl (C=O) groups excluding carboxylic acids is 1. The Bertz CT molecular complexity index is 1260. The van der Waals surface area contributed by atoms with Crippen molar-refractivity contribution in [3.05, 3.63) is 64.9 Å². The van der Waals surface area contributed by atoms with Gasteiger partial charge in [-0.25, -0.2) is 4.98 Å². The smallest absolute Gasteiger partial charge is 0.233 e. The molecule has 1 amide bonds. The second kappa shape index (κ2) is 9.85. The molecule has 0 aliphatic carbocycles. The van der Waals surface area contributed by atoms with Crippen LogP contribution < -0.4 is 0 Å². The molecule has 1 fully saturated rings. The fourth-order valence-corrected chi connectivity index (χ4v) is 6.18. The van der Waals surface area contributed by atoms with E-state index in [0.29, 0.717) is 5.75 Å². The van der Waals surface area contributed by atoms with Crippen molar-refractivity contribution < 1.29 is 4.79 Å². The maximum absolute atomic E-state index is 13.0. The fraction of sp³-hybridized carbons (Fsp3) is 0.360. The quantitative estimate of drug-likeness (QED) is 0.370. The van der Waals surface area contributed by atoms with E-state index >= 15 is 0 Å². The lowest BCUT2D eigenvalue weighted by Gasteiger charge is -2.37. The van der Waals surface area contributed by atoms with Crippen molar-refractivity contribution in [2.24, 2.45) is 0 Å². The van der Waals surface area contributed by atoms with Gasteiger partial charge in [0.1, 0.15) is 10.8 Å². The molecule has 7 nitrogen and oxygen atoms in total. The minimum atomic E-state index is 0.147. The normalized spacial score (nSPS) is 15.7. The monoisotopic (exact) mass is 492 g/mol. The molecule has 3 heterocycles. The largest absolute Gasteiger partial charge is 0.339 e. The number of nitrogens with zero attached hydrogens (tertiary/aromatic N) is 6. The van der Waals surface area contributed by atoms with E-state index in [1.165, 1.54) is 22.0 Å². The Morgan fingerprint density at radius 2 is 1.76 bits per heavy atom. The van der Waals surface area contributed by atoms with Gasteiger partial charge < -0.3 is 4.90 Å². The average molecular weight is 493 g/mol. The van der Waals surface area contributed by atoms with Crippen LogP contribution in [0.4, 0.5) is 0 Å². The zero-order valence-electron chi connectivity index (χ0n) is 19.6. The number of benzene rings is 2. The van der Waals surface area contributed by atoms with Gasteiger partial charge in [-0.3, -0.25) is 14.3 Å². The Balaban J connectivity index is 1.17. The topological polar surface area (TPSA) is 67.2 Å². The Morgan fingerprint density at radius 1 is 1.03 bits per heavy atom. The Morgan fingerprint density at radius 3 is 2.50 bits per heavy atom. The highest BCUT2D eigenvalue weighted by Gasteiger charge is 2.26. The highest BCUT2D eigenvalue weighted by atomic mass is 32.2. The van der Waals surface area contributed by atoms with Crippen LogP contribution in [0, 0.1) is 13.8 Å². The molecular weight excluding hydrogens is 464 g/mol. The van der Waals surface area contributed by atoms with E-state index in [0.717, 1.165) is 53.4 Å². The first-order valence-corrected chi connectivity index (χ1v) is 13.3. The summed E-state index contributed by atoms with van der Waals surface area (Å²) in [5.74, 6) is 1.32. The molecule has 0 spiro atoms. The van der Waals surface area contributed by atoms with Crippen LogP contribution in [0.5, 0.6) is 0 Å². The summed E-state index contributed by atoms with van der Waals surface area (Å²) in [7, 11) is 0. The molecular formula is C25H28N6OS2. The first-order chi connectivity index (χ1) is 16.5. The SMILES string of the molecule is Cc1ccc(-n2c(C)nnc2SCC(=O)N2CCN(C(C)c3nc4ccccc4s3)CC2)cc1. The maximum atomic E-state index is 13.0. The zero-order valence-corrected chi connectivity index (χ0v) is 21.3. The Labute approximate surface area is 207 Å². The zero-order chi connectivity index (χ0) is 23.7. The number of hydrogen-bond donors (Lipinski definition) is 0. The number of thiazole rings is 1. The third kappa shape index (κ3) is 4.73. The summed E-state index contributed by atoms with van der Waals surface area (Å²) in [5, 5.41) is 10.4. The second-order valence-corrected chi connectivity index (χ2v) is 10.6. The molecule has 1 saturated heterocycles. The molecule has 1 unspecified atom stereocenters. The van der Waals surface area contributed by atoms with Gasteiger partial charge in [0.15, 0.2) is 5.16 Å².